The van der Waals surface area contributed by atoms with E-state index >= 15 is 0 Å². The molecule has 1 fully saturated rings. The van der Waals surface area contributed by atoms with Gasteiger partial charge in [0.15, 0.2) is 0 Å². The highest BCUT2D eigenvalue weighted by atomic mass is 16.5. The minimum Gasteiger partial charge on any atom is -0.465 e. The van der Waals surface area contributed by atoms with E-state index in [1.54, 1.807) is 0 Å². The Labute approximate surface area is 112 Å². The third kappa shape index (κ3) is 3.05. The SMILES string of the molecule is CCNC1(C(=O)OCC)CC(C)CCC1C(C)C. The molecule has 0 spiro atoms. The van der Waals surface area contributed by atoms with Crippen molar-refractivity contribution in [2.45, 2.75) is 59.4 Å². The van der Waals surface area contributed by atoms with Gasteiger partial charge in [0.25, 0.3) is 0 Å². The van der Waals surface area contributed by atoms with Crippen molar-refractivity contribution < 1.29 is 9.53 Å². The van der Waals surface area contributed by atoms with E-state index in [-0.39, 0.29) is 5.97 Å². The van der Waals surface area contributed by atoms with Crippen LogP contribution in [0.4, 0.5) is 0 Å². The smallest absolute Gasteiger partial charge is 0.326 e. The molecule has 1 rings (SSSR count). The second-order valence-corrected chi connectivity index (χ2v) is 5.96. The molecule has 106 valence electrons. The zero-order valence-electron chi connectivity index (χ0n) is 12.6. The Kier molecular flexibility index (Phi) is 5.64. The van der Waals surface area contributed by atoms with Crippen LogP contribution in [0.1, 0.15) is 53.9 Å². The molecular formula is C15H29NO2. The highest BCUT2D eigenvalue weighted by Gasteiger charge is 2.50. The molecule has 18 heavy (non-hydrogen) atoms. The average Bonchev–Trinajstić information content (AvgIpc) is 2.29. The summed E-state index contributed by atoms with van der Waals surface area (Å²) < 4.78 is 5.36. The van der Waals surface area contributed by atoms with Crippen LogP contribution in [0.15, 0.2) is 0 Å². The summed E-state index contributed by atoms with van der Waals surface area (Å²) in [7, 11) is 0. The maximum Gasteiger partial charge on any atom is 0.326 e. The molecule has 0 aromatic rings. The molecule has 3 heteroatoms. The van der Waals surface area contributed by atoms with Crippen molar-refractivity contribution >= 4 is 5.97 Å². The van der Waals surface area contributed by atoms with Crippen LogP contribution in [0.3, 0.4) is 0 Å². The first kappa shape index (κ1) is 15.5. The molecule has 0 aliphatic heterocycles. The standard InChI is InChI=1S/C15H29NO2/c1-6-16-15(14(17)18-7-2)10-12(5)8-9-13(15)11(3)4/h11-13,16H,6-10H2,1-5H3. The summed E-state index contributed by atoms with van der Waals surface area (Å²) in [5, 5.41) is 3.47. The molecule has 0 radical (unpaired) electrons. The number of rotatable bonds is 5. The van der Waals surface area contributed by atoms with Gasteiger partial charge in [-0.15, -0.1) is 0 Å². The molecule has 3 unspecified atom stereocenters. The fraction of sp³-hybridized carbons (Fsp3) is 0.933. The zero-order valence-corrected chi connectivity index (χ0v) is 12.6. The summed E-state index contributed by atoms with van der Waals surface area (Å²) in [5.41, 5.74) is -0.462. The van der Waals surface area contributed by atoms with E-state index in [9.17, 15) is 4.79 Å². The highest BCUT2D eigenvalue weighted by Crippen LogP contribution is 2.41. The molecule has 0 aromatic carbocycles. The molecule has 0 amide bonds. The predicted octanol–water partition coefficient (Wildman–Crippen LogP) is 2.99. The largest absolute Gasteiger partial charge is 0.465 e. The highest BCUT2D eigenvalue weighted by molar-refractivity contribution is 5.81. The molecule has 0 aromatic heterocycles. The predicted molar refractivity (Wildman–Crippen MR) is 74.4 cm³/mol. The van der Waals surface area contributed by atoms with Crippen molar-refractivity contribution in [3.8, 4) is 0 Å². The first-order valence-corrected chi connectivity index (χ1v) is 7.40. The van der Waals surface area contributed by atoms with Gasteiger partial charge in [-0.05, 0) is 44.1 Å². The molecule has 0 saturated heterocycles. The van der Waals surface area contributed by atoms with Gasteiger partial charge in [0.1, 0.15) is 5.54 Å². The summed E-state index contributed by atoms with van der Waals surface area (Å²) in [6.07, 6.45) is 3.24. The quantitative estimate of drug-likeness (QED) is 0.768. The Bertz CT molecular complexity index is 278. The number of likely N-dealkylation sites (N-methyl/N-ethyl adjacent to an activating group) is 1. The molecule has 3 nitrogen and oxygen atoms in total. The van der Waals surface area contributed by atoms with Crippen LogP contribution in [0.25, 0.3) is 0 Å². The number of esters is 1. The lowest BCUT2D eigenvalue weighted by Gasteiger charge is -2.46. The molecule has 3 atom stereocenters. The third-order valence-corrected chi connectivity index (χ3v) is 4.21. The summed E-state index contributed by atoms with van der Waals surface area (Å²) in [6.45, 7) is 11.9. The van der Waals surface area contributed by atoms with Crippen molar-refractivity contribution in [3.05, 3.63) is 0 Å². The van der Waals surface area contributed by atoms with Gasteiger partial charge in [0, 0.05) is 0 Å². The summed E-state index contributed by atoms with van der Waals surface area (Å²) in [6, 6.07) is 0. The van der Waals surface area contributed by atoms with Gasteiger partial charge >= 0.3 is 5.97 Å². The second-order valence-electron chi connectivity index (χ2n) is 5.96. The first-order valence-electron chi connectivity index (χ1n) is 7.40. The molecule has 0 heterocycles. The van der Waals surface area contributed by atoms with Crippen molar-refractivity contribution in [1.82, 2.24) is 5.32 Å². The van der Waals surface area contributed by atoms with Crippen LogP contribution >= 0.6 is 0 Å². The minimum absolute atomic E-state index is 0.0444. The molecule has 0 bridgehead atoms. The number of hydrogen-bond donors (Lipinski definition) is 1. The normalized spacial score (nSPS) is 32.6. The van der Waals surface area contributed by atoms with E-state index in [0.717, 1.165) is 19.4 Å². The fourth-order valence-electron chi connectivity index (χ4n) is 3.50. The monoisotopic (exact) mass is 255 g/mol. The van der Waals surface area contributed by atoms with Crippen molar-refractivity contribution in [1.29, 1.82) is 0 Å². The lowest BCUT2D eigenvalue weighted by Crippen LogP contribution is -2.62. The molecule has 1 aliphatic rings. The summed E-state index contributed by atoms with van der Waals surface area (Å²) >= 11 is 0. The Balaban J connectivity index is 3.03. The van der Waals surface area contributed by atoms with Crippen LogP contribution < -0.4 is 5.32 Å². The van der Waals surface area contributed by atoms with Crippen molar-refractivity contribution in [2.24, 2.45) is 17.8 Å². The van der Waals surface area contributed by atoms with Crippen LogP contribution in [-0.2, 0) is 9.53 Å². The van der Waals surface area contributed by atoms with Crippen LogP contribution in [0, 0.1) is 17.8 Å². The van der Waals surface area contributed by atoms with Crippen LogP contribution in [0.2, 0.25) is 0 Å². The second kappa shape index (κ2) is 6.55. The van der Waals surface area contributed by atoms with Gasteiger partial charge in [-0.25, -0.2) is 0 Å². The number of hydrogen-bond acceptors (Lipinski definition) is 3. The van der Waals surface area contributed by atoms with Gasteiger partial charge < -0.3 is 10.1 Å². The third-order valence-electron chi connectivity index (χ3n) is 4.21. The summed E-state index contributed by atoms with van der Waals surface area (Å²) in [4.78, 5) is 12.5. The summed E-state index contributed by atoms with van der Waals surface area (Å²) in [5.74, 6) is 1.43. The molecule has 1 N–H and O–H groups in total. The van der Waals surface area contributed by atoms with Crippen molar-refractivity contribution in [3.63, 3.8) is 0 Å². The van der Waals surface area contributed by atoms with Gasteiger partial charge in [-0.2, -0.15) is 0 Å². The maximum atomic E-state index is 12.5. The van der Waals surface area contributed by atoms with Crippen LogP contribution in [-0.4, -0.2) is 24.7 Å². The van der Waals surface area contributed by atoms with Gasteiger partial charge in [-0.1, -0.05) is 34.1 Å². The molecule has 1 aliphatic carbocycles. The van der Waals surface area contributed by atoms with E-state index in [1.807, 2.05) is 6.92 Å². The van der Waals surface area contributed by atoms with E-state index < -0.39 is 5.54 Å². The molecular weight excluding hydrogens is 226 g/mol. The Morgan fingerprint density at radius 1 is 1.39 bits per heavy atom. The fourth-order valence-corrected chi connectivity index (χ4v) is 3.50. The first-order chi connectivity index (χ1) is 8.47. The Morgan fingerprint density at radius 3 is 2.56 bits per heavy atom. The molecule has 1 saturated carbocycles. The van der Waals surface area contributed by atoms with Gasteiger partial charge in [-0.3, -0.25) is 4.79 Å². The topological polar surface area (TPSA) is 38.3 Å². The van der Waals surface area contributed by atoms with E-state index in [1.165, 1.54) is 6.42 Å². The number of ether oxygens (including phenoxy) is 1. The Morgan fingerprint density at radius 2 is 2.06 bits per heavy atom. The zero-order chi connectivity index (χ0) is 13.8. The van der Waals surface area contributed by atoms with E-state index in [2.05, 4.69) is 33.0 Å². The van der Waals surface area contributed by atoms with E-state index in [4.69, 9.17) is 4.74 Å². The van der Waals surface area contributed by atoms with Crippen LogP contribution in [0.5, 0.6) is 0 Å². The van der Waals surface area contributed by atoms with Gasteiger partial charge in [0.2, 0.25) is 0 Å². The number of carbonyl (C=O) groups excluding carboxylic acids is 1. The van der Waals surface area contributed by atoms with Gasteiger partial charge in [0.05, 0.1) is 6.61 Å². The maximum absolute atomic E-state index is 12.5. The number of carbonyl (C=O) groups is 1. The number of nitrogens with one attached hydrogen (secondary N) is 1. The average molecular weight is 255 g/mol. The minimum atomic E-state index is -0.462. The lowest BCUT2D eigenvalue weighted by molar-refractivity contribution is -0.158. The Hall–Kier alpha value is -0.570. The van der Waals surface area contributed by atoms with Crippen molar-refractivity contribution in [2.75, 3.05) is 13.2 Å². The van der Waals surface area contributed by atoms with E-state index in [0.29, 0.717) is 24.4 Å². The lowest BCUT2D eigenvalue weighted by atomic mass is 9.65.